The summed E-state index contributed by atoms with van der Waals surface area (Å²) in [5.41, 5.74) is 1.98. The molecule has 10 heteroatoms. The van der Waals surface area contributed by atoms with Crippen LogP contribution >= 0.6 is 11.8 Å². The lowest BCUT2D eigenvalue weighted by molar-refractivity contribution is -0.136. The van der Waals surface area contributed by atoms with E-state index in [0.717, 1.165) is 0 Å². The Morgan fingerprint density at radius 1 is 1.00 bits per heavy atom. The summed E-state index contributed by atoms with van der Waals surface area (Å²) in [5.74, 6) is 1.11. The number of ether oxygens (including phenoxy) is 3. The van der Waals surface area contributed by atoms with Gasteiger partial charge in [0, 0.05) is 31.2 Å². The molecule has 0 radical (unpaired) electrons. The number of rotatable bonds is 4. The molecule has 0 saturated carbocycles. The lowest BCUT2D eigenvalue weighted by Gasteiger charge is -2.49. The number of fused-ring (bicyclic) bond motifs is 3. The third-order valence-corrected chi connectivity index (χ3v) is 6.56. The van der Waals surface area contributed by atoms with Crippen molar-refractivity contribution in [3.05, 3.63) is 47.5 Å². The maximum absolute atomic E-state index is 13.5. The Kier molecular flexibility index (Phi) is 6.11. The second-order valence-corrected chi connectivity index (χ2v) is 8.31. The van der Waals surface area contributed by atoms with E-state index in [9.17, 15) is 9.59 Å². The maximum Gasteiger partial charge on any atom is 0.257 e. The number of nitrogens with zero attached hydrogens (tertiary/aromatic N) is 4. The van der Waals surface area contributed by atoms with Crippen molar-refractivity contribution in [2.24, 2.45) is 5.10 Å². The molecule has 174 valence electrons. The van der Waals surface area contributed by atoms with Crippen LogP contribution in [0.1, 0.15) is 30.3 Å². The number of amidine groups is 1. The number of carbonyl (C=O) groups is 2. The predicted molar refractivity (Wildman–Crippen MR) is 127 cm³/mol. The summed E-state index contributed by atoms with van der Waals surface area (Å²) in [4.78, 5) is 29.8. The van der Waals surface area contributed by atoms with E-state index in [2.05, 4.69) is 0 Å². The first-order valence-electron chi connectivity index (χ1n) is 10.2. The zero-order valence-electron chi connectivity index (χ0n) is 19.4. The van der Waals surface area contributed by atoms with Crippen molar-refractivity contribution in [2.45, 2.75) is 19.1 Å². The predicted octanol–water partition coefficient (Wildman–Crippen LogP) is 3.23. The van der Waals surface area contributed by atoms with Crippen LogP contribution in [-0.4, -0.2) is 61.5 Å². The van der Waals surface area contributed by atoms with Gasteiger partial charge >= 0.3 is 0 Å². The van der Waals surface area contributed by atoms with Crippen molar-refractivity contribution in [3.63, 3.8) is 0 Å². The van der Waals surface area contributed by atoms with Gasteiger partial charge in [-0.05, 0) is 18.4 Å². The zero-order chi connectivity index (χ0) is 23.9. The van der Waals surface area contributed by atoms with Gasteiger partial charge in [-0.2, -0.15) is 0 Å². The minimum Gasteiger partial charge on any atom is -0.496 e. The average molecular weight is 471 g/mol. The lowest BCUT2D eigenvalue weighted by atomic mass is 9.94. The Labute approximate surface area is 196 Å². The van der Waals surface area contributed by atoms with Crippen molar-refractivity contribution in [1.29, 1.82) is 0 Å². The number of para-hydroxylation sites is 1. The number of hydrogen-bond donors (Lipinski definition) is 0. The first kappa shape index (κ1) is 22.8. The van der Waals surface area contributed by atoms with Gasteiger partial charge in [0.1, 0.15) is 5.75 Å². The molecule has 4 rings (SSSR count). The number of hydrazone groups is 1. The molecular formula is C23H26N4O5S. The molecular weight excluding hydrogens is 444 g/mol. The Bertz CT molecular complexity index is 1140. The van der Waals surface area contributed by atoms with E-state index in [1.165, 1.54) is 18.7 Å². The molecule has 2 unspecified atom stereocenters. The van der Waals surface area contributed by atoms with Crippen molar-refractivity contribution in [2.75, 3.05) is 39.5 Å². The van der Waals surface area contributed by atoms with Crippen LogP contribution in [0.5, 0.6) is 17.2 Å². The number of hydrogen-bond acceptors (Lipinski definition) is 8. The van der Waals surface area contributed by atoms with Crippen LogP contribution in [-0.2, 0) is 9.59 Å². The van der Waals surface area contributed by atoms with Crippen molar-refractivity contribution >= 4 is 34.4 Å². The molecule has 2 aliphatic heterocycles. The van der Waals surface area contributed by atoms with Gasteiger partial charge in [-0.25, -0.2) is 0 Å². The fourth-order valence-corrected chi connectivity index (χ4v) is 4.87. The highest BCUT2D eigenvalue weighted by Gasteiger charge is 2.49. The minimum absolute atomic E-state index is 0.130. The van der Waals surface area contributed by atoms with Crippen LogP contribution in [0.25, 0.3) is 0 Å². The summed E-state index contributed by atoms with van der Waals surface area (Å²) in [6, 6.07) is 10.2. The van der Waals surface area contributed by atoms with Gasteiger partial charge in [-0.1, -0.05) is 30.0 Å². The normalized spacial score (nSPS) is 19.5. The van der Waals surface area contributed by atoms with Gasteiger partial charge in [-0.3, -0.25) is 24.4 Å². The largest absolute Gasteiger partial charge is 0.496 e. The molecule has 2 aromatic carbocycles. The molecule has 2 aliphatic rings. The molecule has 0 aromatic heterocycles. The molecule has 0 aliphatic carbocycles. The highest BCUT2D eigenvalue weighted by molar-refractivity contribution is 8.13. The molecule has 0 spiro atoms. The number of methoxy groups -OCH3 is 3. The van der Waals surface area contributed by atoms with Gasteiger partial charge in [0.05, 0.1) is 27.0 Å². The van der Waals surface area contributed by atoms with E-state index in [-0.39, 0.29) is 11.8 Å². The number of carbonyl (C=O) groups excluding carboxylic acids is 2. The van der Waals surface area contributed by atoms with E-state index >= 15 is 0 Å². The van der Waals surface area contributed by atoms with Crippen LogP contribution < -0.4 is 19.1 Å². The SMILES string of the molecule is COc1cc(OC)c(C2N(C(C)=O)c3ccccc3C3C(=O)N(C)C(SC)=NN32)cc1OC. The number of benzene rings is 2. The Hall–Kier alpha value is -3.40. The summed E-state index contributed by atoms with van der Waals surface area (Å²) in [5, 5.41) is 7.03. The van der Waals surface area contributed by atoms with Crippen LogP contribution in [0, 0.1) is 0 Å². The highest BCUT2D eigenvalue weighted by Crippen LogP contribution is 2.50. The molecule has 2 heterocycles. The molecule has 0 N–H and O–H groups in total. The number of amides is 2. The topological polar surface area (TPSA) is 83.9 Å². The fraction of sp³-hybridized carbons (Fsp3) is 0.348. The van der Waals surface area contributed by atoms with Gasteiger partial charge in [0.2, 0.25) is 5.91 Å². The zero-order valence-corrected chi connectivity index (χ0v) is 20.2. The Balaban J connectivity index is 2.05. The lowest BCUT2D eigenvalue weighted by Crippen LogP contribution is -2.55. The van der Waals surface area contributed by atoms with Crippen molar-refractivity contribution in [1.82, 2.24) is 9.91 Å². The monoisotopic (exact) mass is 470 g/mol. The van der Waals surface area contributed by atoms with Gasteiger partial charge in [0.15, 0.2) is 28.9 Å². The Morgan fingerprint density at radius 2 is 1.64 bits per heavy atom. The maximum atomic E-state index is 13.5. The standard InChI is InChI=1S/C23H26N4O5S/c1-13(28)26-16-10-8-7-9-14(16)20-22(29)25(2)23(33-6)24-27(20)21(26)15-11-18(31-4)19(32-5)12-17(15)30-3/h7-12,20-21H,1-6H3. The van der Waals surface area contributed by atoms with Crippen molar-refractivity contribution in [3.8, 4) is 17.2 Å². The molecule has 2 aromatic rings. The summed E-state index contributed by atoms with van der Waals surface area (Å²) < 4.78 is 16.7. The van der Waals surface area contributed by atoms with Crippen LogP contribution in [0.3, 0.4) is 0 Å². The van der Waals surface area contributed by atoms with Gasteiger partial charge in [-0.15, -0.1) is 5.10 Å². The van der Waals surface area contributed by atoms with Gasteiger partial charge in [0.25, 0.3) is 5.91 Å². The number of anilines is 1. The molecule has 0 saturated heterocycles. The fourth-order valence-electron chi connectivity index (χ4n) is 4.33. The summed E-state index contributed by atoms with van der Waals surface area (Å²) in [6.45, 7) is 1.49. The molecule has 2 atom stereocenters. The second-order valence-electron chi connectivity index (χ2n) is 7.54. The van der Waals surface area contributed by atoms with Gasteiger partial charge < -0.3 is 14.2 Å². The molecule has 0 fully saturated rings. The summed E-state index contributed by atoms with van der Waals surface area (Å²) in [7, 11) is 6.34. The summed E-state index contributed by atoms with van der Waals surface area (Å²) >= 11 is 1.36. The third-order valence-electron chi connectivity index (χ3n) is 5.84. The quantitative estimate of drug-likeness (QED) is 0.678. The first-order valence-corrected chi connectivity index (χ1v) is 11.5. The molecule has 9 nitrogen and oxygen atoms in total. The van der Waals surface area contributed by atoms with Crippen molar-refractivity contribution < 1.29 is 23.8 Å². The van der Waals surface area contributed by atoms with E-state index in [1.807, 2.05) is 30.5 Å². The number of likely N-dealkylation sites (N-methyl/N-ethyl adjacent to an activating group) is 1. The van der Waals surface area contributed by atoms with Crippen LogP contribution in [0.15, 0.2) is 41.5 Å². The van der Waals surface area contributed by atoms with E-state index in [0.29, 0.717) is 39.2 Å². The highest BCUT2D eigenvalue weighted by atomic mass is 32.2. The second kappa shape index (κ2) is 8.86. The summed E-state index contributed by atoms with van der Waals surface area (Å²) in [6.07, 6.45) is 1.10. The van der Waals surface area contributed by atoms with E-state index in [4.69, 9.17) is 19.3 Å². The third kappa shape index (κ3) is 3.54. The molecule has 2 amide bonds. The average Bonchev–Trinajstić information content (AvgIpc) is 2.83. The van der Waals surface area contributed by atoms with Crippen LogP contribution in [0.2, 0.25) is 0 Å². The molecule has 0 bridgehead atoms. The minimum atomic E-state index is -0.753. The molecule has 33 heavy (non-hydrogen) atoms. The first-order chi connectivity index (χ1) is 15.9. The Morgan fingerprint density at radius 3 is 2.24 bits per heavy atom. The smallest absolute Gasteiger partial charge is 0.257 e. The number of thioether (sulfide) groups is 1. The van der Waals surface area contributed by atoms with Crippen LogP contribution in [0.4, 0.5) is 5.69 Å². The van der Waals surface area contributed by atoms with E-state index < -0.39 is 12.2 Å². The van der Waals surface area contributed by atoms with E-state index in [1.54, 1.807) is 55.3 Å².